The summed E-state index contributed by atoms with van der Waals surface area (Å²) in [5, 5.41) is 14.2. The minimum absolute atomic E-state index is 0.0133. The lowest BCUT2D eigenvalue weighted by atomic mass is 9.98. The molecule has 1 fully saturated rings. The van der Waals surface area contributed by atoms with Gasteiger partial charge in [-0.05, 0) is 34.6 Å². The molecule has 0 aliphatic heterocycles. The molecule has 2 amide bonds. The minimum atomic E-state index is -0.804. The Kier molecular flexibility index (Phi) is 7.24. The van der Waals surface area contributed by atoms with Crippen molar-refractivity contribution in [1.82, 2.24) is 10.6 Å². The van der Waals surface area contributed by atoms with Crippen LogP contribution in [0.2, 0.25) is 0 Å². The fraction of sp³-hybridized carbons (Fsp3) is 0.400. The number of carboxylic acid groups (broad SMARTS) is 1. The van der Waals surface area contributed by atoms with Crippen molar-refractivity contribution in [3.05, 3.63) is 59.7 Å². The molecule has 2 unspecified atom stereocenters. The van der Waals surface area contributed by atoms with Crippen LogP contribution in [0.4, 0.5) is 4.79 Å². The van der Waals surface area contributed by atoms with E-state index in [-0.39, 0.29) is 56.4 Å². The lowest BCUT2D eigenvalue weighted by Gasteiger charge is -2.14. The Morgan fingerprint density at radius 2 is 1.61 bits per heavy atom. The number of aliphatic carboxylic acids is 1. The van der Waals surface area contributed by atoms with Crippen LogP contribution in [0.1, 0.15) is 29.9 Å². The number of ether oxygens (including phenoxy) is 2. The van der Waals surface area contributed by atoms with Crippen molar-refractivity contribution in [2.24, 2.45) is 11.8 Å². The smallest absolute Gasteiger partial charge is 0.407 e. The molecule has 2 atom stereocenters. The highest BCUT2D eigenvalue weighted by Crippen LogP contribution is 2.44. The zero-order valence-corrected chi connectivity index (χ0v) is 18.3. The van der Waals surface area contributed by atoms with Gasteiger partial charge in [-0.2, -0.15) is 0 Å². The molecule has 0 radical (unpaired) electrons. The second kappa shape index (κ2) is 10.5. The number of carbonyl (C=O) groups excluding carboxylic acids is 2. The van der Waals surface area contributed by atoms with E-state index in [1.807, 2.05) is 24.3 Å². The number of hydrogen-bond donors (Lipinski definition) is 3. The van der Waals surface area contributed by atoms with E-state index in [1.165, 1.54) is 11.1 Å². The highest BCUT2D eigenvalue weighted by Gasteiger charge is 2.42. The SMILES string of the molecule is O=C(CCOCCNC(=O)OCC1c2ccccc2-c2ccccc21)NCC1CC1C(=O)O. The normalized spacial score (nSPS) is 18.2. The molecule has 3 N–H and O–H groups in total. The van der Waals surface area contributed by atoms with E-state index >= 15 is 0 Å². The number of carbonyl (C=O) groups is 3. The first-order valence-corrected chi connectivity index (χ1v) is 11.2. The number of rotatable bonds is 11. The Balaban J connectivity index is 1.09. The van der Waals surface area contributed by atoms with Crippen LogP contribution < -0.4 is 10.6 Å². The largest absolute Gasteiger partial charge is 0.481 e. The predicted molar refractivity (Wildman–Crippen MR) is 121 cm³/mol. The van der Waals surface area contributed by atoms with Gasteiger partial charge in [0.15, 0.2) is 0 Å². The van der Waals surface area contributed by atoms with Crippen molar-refractivity contribution in [1.29, 1.82) is 0 Å². The van der Waals surface area contributed by atoms with E-state index in [4.69, 9.17) is 14.6 Å². The summed E-state index contributed by atoms with van der Waals surface area (Å²) in [6.45, 7) is 1.41. The van der Waals surface area contributed by atoms with Crippen LogP contribution in [0.3, 0.4) is 0 Å². The number of carboxylic acids is 1. The third-order valence-corrected chi connectivity index (χ3v) is 6.13. The van der Waals surface area contributed by atoms with Gasteiger partial charge in [0.2, 0.25) is 5.91 Å². The molecule has 2 aliphatic rings. The summed E-state index contributed by atoms with van der Waals surface area (Å²) in [5.74, 6) is -1.25. The summed E-state index contributed by atoms with van der Waals surface area (Å²) < 4.78 is 10.8. The first-order chi connectivity index (χ1) is 16.0. The lowest BCUT2D eigenvalue weighted by Crippen LogP contribution is -2.30. The maximum absolute atomic E-state index is 12.1. The number of hydrogen-bond acceptors (Lipinski definition) is 5. The summed E-state index contributed by atoms with van der Waals surface area (Å²) in [5.41, 5.74) is 4.68. The second-order valence-corrected chi connectivity index (χ2v) is 8.36. The molecule has 0 saturated heterocycles. The van der Waals surface area contributed by atoms with E-state index in [2.05, 4.69) is 34.9 Å². The van der Waals surface area contributed by atoms with Crippen molar-refractivity contribution in [3.8, 4) is 11.1 Å². The van der Waals surface area contributed by atoms with Gasteiger partial charge < -0.3 is 25.2 Å². The summed E-state index contributed by atoms with van der Waals surface area (Å²) in [6, 6.07) is 16.3. The molecule has 2 aromatic rings. The quantitative estimate of drug-likeness (QED) is 0.452. The number of nitrogens with one attached hydrogen (secondary N) is 2. The van der Waals surface area contributed by atoms with Gasteiger partial charge in [0.25, 0.3) is 0 Å². The first-order valence-electron chi connectivity index (χ1n) is 11.2. The Bertz CT molecular complexity index is 978. The van der Waals surface area contributed by atoms with E-state index in [0.717, 1.165) is 11.1 Å². The van der Waals surface area contributed by atoms with Crippen molar-refractivity contribution in [2.75, 3.05) is 32.9 Å². The third kappa shape index (κ3) is 5.70. The first kappa shape index (κ1) is 22.8. The molecule has 0 spiro atoms. The van der Waals surface area contributed by atoms with Crippen molar-refractivity contribution < 1.29 is 29.0 Å². The minimum Gasteiger partial charge on any atom is -0.481 e. The van der Waals surface area contributed by atoms with Crippen LogP contribution in [0.25, 0.3) is 11.1 Å². The van der Waals surface area contributed by atoms with E-state index in [0.29, 0.717) is 13.0 Å². The molecule has 0 bridgehead atoms. The van der Waals surface area contributed by atoms with Gasteiger partial charge in [-0.3, -0.25) is 9.59 Å². The van der Waals surface area contributed by atoms with Crippen LogP contribution in [0.5, 0.6) is 0 Å². The fourth-order valence-electron chi connectivity index (χ4n) is 4.25. The van der Waals surface area contributed by atoms with Crippen LogP contribution in [-0.2, 0) is 19.1 Å². The molecule has 1 saturated carbocycles. The van der Waals surface area contributed by atoms with Gasteiger partial charge in [-0.25, -0.2) is 4.79 Å². The highest BCUT2D eigenvalue weighted by atomic mass is 16.5. The average molecular weight is 453 g/mol. The molecule has 174 valence electrons. The predicted octanol–water partition coefficient (Wildman–Crippen LogP) is 2.77. The molecule has 2 aliphatic carbocycles. The zero-order valence-electron chi connectivity index (χ0n) is 18.3. The van der Waals surface area contributed by atoms with Gasteiger partial charge in [0, 0.05) is 25.4 Å². The molecular formula is C25H28N2O6. The highest BCUT2D eigenvalue weighted by molar-refractivity contribution is 5.79. The Morgan fingerprint density at radius 3 is 2.24 bits per heavy atom. The van der Waals surface area contributed by atoms with Gasteiger partial charge in [-0.15, -0.1) is 0 Å². The number of benzene rings is 2. The molecule has 8 nitrogen and oxygen atoms in total. The van der Waals surface area contributed by atoms with Crippen molar-refractivity contribution >= 4 is 18.0 Å². The van der Waals surface area contributed by atoms with E-state index in [9.17, 15) is 14.4 Å². The molecule has 2 aromatic carbocycles. The molecule has 33 heavy (non-hydrogen) atoms. The molecule has 4 rings (SSSR count). The summed E-state index contributed by atoms with van der Waals surface area (Å²) >= 11 is 0. The maximum Gasteiger partial charge on any atom is 0.407 e. The molecule has 0 aromatic heterocycles. The van der Waals surface area contributed by atoms with Gasteiger partial charge in [-0.1, -0.05) is 48.5 Å². The molecular weight excluding hydrogens is 424 g/mol. The maximum atomic E-state index is 12.1. The fourth-order valence-corrected chi connectivity index (χ4v) is 4.25. The van der Waals surface area contributed by atoms with E-state index in [1.54, 1.807) is 0 Å². The summed E-state index contributed by atoms with van der Waals surface area (Å²) in [4.78, 5) is 34.6. The molecule has 8 heteroatoms. The van der Waals surface area contributed by atoms with Crippen LogP contribution in [0, 0.1) is 11.8 Å². The van der Waals surface area contributed by atoms with Crippen molar-refractivity contribution in [2.45, 2.75) is 18.8 Å². The van der Waals surface area contributed by atoms with Gasteiger partial charge in [0.05, 0.1) is 19.1 Å². The Morgan fingerprint density at radius 1 is 0.939 bits per heavy atom. The summed E-state index contributed by atoms with van der Waals surface area (Å²) in [7, 11) is 0. The van der Waals surface area contributed by atoms with Crippen LogP contribution in [0.15, 0.2) is 48.5 Å². The third-order valence-electron chi connectivity index (χ3n) is 6.13. The second-order valence-electron chi connectivity index (χ2n) is 8.36. The van der Waals surface area contributed by atoms with E-state index < -0.39 is 12.1 Å². The average Bonchev–Trinajstić information content (AvgIpc) is 3.54. The van der Waals surface area contributed by atoms with Crippen molar-refractivity contribution in [3.63, 3.8) is 0 Å². The number of alkyl carbamates (subject to hydrolysis) is 1. The van der Waals surface area contributed by atoms with Gasteiger partial charge in [0.1, 0.15) is 6.61 Å². The van der Waals surface area contributed by atoms with Crippen LogP contribution >= 0.6 is 0 Å². The molecule has 0 heterocycles. The topological polar surface area (TPSA) is 114 Å². The number of amides is 2. The Hall–Kier alpha value is -3.39. The number of fused-ring (bicyclic) bond motifs is 3. The Labute approximate surface area is 192 Å². The lowest BCUT2D eigenvalue weighted by molar-refractivity contribution is -0.139. The summed E-state index contributed by atoms with van der Waals surface area (Å²) in [6.07, 6.45) is 0.305. The zero-order chi connectivity index (χ0) is 23.2. The monoisotopic (exact) mass is 452 g/mol. The van der Waals surface area contributed by atoms with Gasteiger partial charge >= 0.3 is 12.1 Å². The van der Waals surface area contributed by atoms with Crippen LogP contribution in [-0.4, -0.2) is 56.0 Å². The standard InChI is InChI=1S/C25H28N2O6/c28-23(27-14-16-13-21(16)24(29)30)9-11-32-12-10-26-25(31)33-15-22-19-7-3-1-5-17(19)18-6-2-4-8-20(18)22/h1-8,16,21-22H,9-15H2,(H,26,31)(H,27,28)(H,29,30).